The van der Waals surface area contributed by atoms with Crippen LogP contribution in [0.25, 0.3) is 0 Å². The van der Waals surface area contributed by atoms with Crippen LogP contribution in [0.4, 0.5) is 0 Å². The second-order valence-electron chi connectivity index (χ2n) is 9.83. The first-order valence-electron chi connectivity index (χ1n) is 14.9. The number of rotatable bonds is 28. The second kappa shape index (κ2) is 36.5. The van der Waals surface area contributed by atoms with Gasteiger partial charge in [-0.25, -0.2) is 0 Å². The molecule has 0 amide bonds. The van der Waals surface area contributed by atoms with Crippen molar-refractivity contribution in [1.82, 2.24) is 0 Å². The van der Waals surface area contributed by atoms with Crippen molar-refractivity contribution in [2.45, 2.75) is 26.7 Å². The number of terminal acetylenes is 4. The Hall–Kier alpha value is -2.34. The molecule has 0 spiro atoms. The lowest BCUT2D eigenvalue weighted by atomic mass is 9.85. The molecule has 0 saturated carbocycles. The number of hydrogen-bond acceptors (Lipinski definition) is 12. The highest BCUT2D eigenvalue weighted by molar-refractivity contribution is 9.09. The van der Waals surface area contributed by atoms with Gasteiger partial charge in [-0.3, -0.25) is 9.59 Å². The second-order valence-corrected chi connectivity index (χ2v) is 10.4. The minimum atomic E-state index is -1.15. The Morgan fingerprint density at radius 3 is 1.17 bits per heavy atom. The summed E-state index contributed by atoms with van der Waals surface area (Å²) >= 11 is 3.01. The maximum atomic E-state index is 12.3. The molecule has 0 atom stereocenters. The van der Waals surface area contributed by atoms with Crippen LogP contribution in [0.15, 0.2) is 0 Å². The first-order valence-corrected chi connectivity index (χ1v) is 16.0. The molecule has 268 valence electrons. The van der Waals surface area contributed by atoms with E-state index >= 15 is 0 Å². The van der Waals surface area contributed by atoms with Gasteiger partial charge in [-0.15, -0.1) is 25.7 Å². The Kier molecular flexibility index (Phi) is 38.1. The third kappa shape index (κ3) is 30.7. The number of carbonyl (C=O) groups is 2. The lowest BCUT2D eigenvalue weighted by molar-refractivity contribution is -0.132. The van der Waals surface area contributed by atoms with Gasteiger partial charge in [0.15, 0.2) is 11.6 Å². The van der Waals surface area contributed by atoms with E-state index in [0.717, 1.165) is 0 Å². The van der Waals surface area contributed by atoms with Crippen LogP contribution in [-0.4, -0.2) is 145 Å². The SMILES string of the molecule is C#CCBr.C#CCOCC(COCC#C)(COCC#C)CC(=O)COCCOCC.CCOCCOCC(=O)CC(CO)(CO)CO. The summed E-state index contributed by atoms with van der Waals surface area (Å²) in [4.78, 5) is 23.8. The molecule has 0 aromatic heterocycles. The molecule has 0 aromatic carbocycles. The Balaban J connectivity index is -0.000000789. The molecular weight excluding hydrogens is 680 g/mol. The lowest BCUT2D eigenvalue weighted by Crippen LogP contribution is -2.40. The Morgan fingerprint density at radius 2 is 0.894 bits per heavy atom. The fourth-order valence-corrected chi connectivity index (χ4v) is 3.41. The van der Waals surface area contributed by atoms with E-state index in [-0.39, 0.29) is 77.3 Å². The van der Waals surface area contributed by atoms with Crippen molar-refractivity contribution in [3.63, 3.8) is 0 Å². The molecule has 0 fully saturated rings. The van der Waals surface area contributed by atoms with Crippen molar-refractivity contribution in [2.24, 2.45) is 10.8 Å². The molecule has 0 aliphatic rings. The van der Waals surface area contributed by atoms with Crippen LogP contribution in [0.3, 0.4) is 0 Å². The Morgan fingerprint density at radius 1 is 0.574 bits per heavy atom. The van der Waals surface area contributed by atoms with E-state index in [1.165, 1.54) is 0 Å². The third-order valence-electron chi connectivity index (χ3n) is 5.69. The van der Waals surface area contributed by atoms with Crippen molar-refractivity contribution < 1.29 is 58.1 Å². The maximum Gasteiger partial charge on any atom is 0.159 e. The molecule has 0 aliphatic carbocycles. The van der Waals surface area contributed by atoms with E-state index in [1.54, 1.807) is 0 Å². The first-order chi connectivity index (χ1) is 22.7. The molecule has 3 N–H and O–H groups in total. The fourth-order valence-electron chi connectivity index (χ4n) is 3.41. The van der Waals surface area contributed by atoms with Gasteiger partial charge in [0.1, 0.15) is 33.0 Å². The number of ether oxygens (including phenoxy) is 7. The van der Waals surface area contributed by atoms with Gasteiger partial charge in [-0.1, -0.05) is 39.6 Å². The summed E-state index contributed by atoms with van der Waals surface area (Å²) < 4.78 is 36.9. The molecule has 0 saturated heterocycles. The number of carbonyl (C=O) groups excluding carboxylic acids is 2. The van der Waals surface area contributed by atoms with E-state index < -0.39 is 30.7 Å². The molecule has 0 bridgehead atoms. The van der Waals surface area contributed by atoms with Crippen LogP contribution >= 0.6 is 15.9 Å². The summed E-state index contributed by atoms with van der Waals surface area (Å²) in [6.07, 6.45) is 20.4. The van der Waals surface area contributed by atoms with Gasteiger partial charge in [0.05, 0.1) is 71.4 Å². The normalized spacial score (nSPS) is 10.6. The Bertz CT molecular complexity index is 867. The summed E-state index contributed by atoms with van der Waals surface area (Å²) in [5.74, 6) is 9.14. The van der Waals surface area contributed by atoms with Crippen molar-refractivity contribution in [1.29, 1.82) is 0 Å². The molecular formula is C34H53BrO12. The molecule has 0 radical (unpaired) electrons. The van der Waals surface area contributed by atoms with Crippen LogP contribution in [-0.2, 0) is 42.7 Å². The smallest absolute Gasteiger partial charge is 0.159 e. The van der Waals surface area contributed by atoms with Crippen molar-refractivity contribution in [3.05, 3.63) is 0 Å². The van der Waals surface area contributed by atoms with Gasteiger partial charge in [0.25, 0.3) is 0 Å². The van der Waals surface area contributed by atoms with Gasteiger partial charge in [0.2, 0.25) is 0 Å². The molecule has 0 aromatic rings. The van der Waals surface area contributed by atoms with Gasteiger partial charge >= 0.3 is 0 Å². The van der Waals surface area contributed by atoms with E-state index in [4.69, 9.17) is 74.2 Å². The average molecular weight is 734 g/mol. The number of hydrogen-bond donors (Lipinski definition) is 3. The summed E-state index contributed by atoms with van der Waals surface area (Å²) in [5.41, 5.74) is -1.90. The summed E-state index contributed by atoms with van der Waals surface area (Å²) in [7, 11) is 0. The molecule has 0 unspecified atom stereocenters. The van der Waals surface area contributed by atoms with E-state index in [9.17, 15) is 9.59 Å². The predicted octanol–water partition coefficient (Wildman–Crippen LogP) is 0.911. The number of halogens is 1. The van der Waals surface area contributed by atoms with Gasteiger partial charge in [-0.05, 0) is 13.8 Å². The van der Waals surface area contributed by atoms with Crippen LogP contribution in [0.2, 0.25) is 0 Å². The number of ketones is 2. The first kappa shape index (κ1) is 49.1. The molecule has 0 rings (SSSR count). The lowest BCUT2D eigenvalue weighted by Gasteiger charge is -2.32. The molecule has 0 aliphatic heterocycles. The van der Waals surface area contributed by atoms with Gasteiger partial charge in [-0.2, -0.15) is 0 Å². The summed E-state index contributed by atoms with van der Waals surface area (Å²) in [5, 5.41) is 27.8. The zero-order valence-electron chi connectivity index (χ0n) is 27.8. The highest BCUT2D eigenvalue weighted by atomic mass is 79.9. The molecule has 47 heavy (non-hydrogen) atoms. The largest absolute Gasteiger partial charge is 0.396 e. The van der Waals surface area contributed by atoms with E-state index in [0.29, 0.717) is 45.0 Å². The highest BCUT2D eigenvalue weighted by Gasteiger charge is 2.34. The van der Waals surface area contributed by atoms with Crippen molar-refractivity contribution in [2.75, 3.05) is 118 Å². The monoisotopic (exact) mass is 732 g/mol. The van der Waals surface area contributed by atoms with Crippen LogP contribution in [0, 0.1) is 60.2 Å². The molecule has 12 nitrogen and oxygen atoms in total. The Labute approximate surface area is 289 Å². The fraction of sp³-hybridized carbons (Fsp3) is 0.706. The molecule has 0 heterocycles. The van der Waals surface area contributed by atoms with Crippen LogP contribution < -0.4 is 0 Å². The maximum absolute atomic E-state index is 12.3. The van der Waals surface area contributed by atoms with Crippen LogP contribution in [0.5, 0.6) is 0 Å². The van der Waals surface area contributed by atoms with Crippen molar-refractivity contribution in [3.8, 4) is 49.4 Å². The van der Waals surface area contributed by atoms with Crippen molar-refractivity contribution >= 4 is 27.5 Å². The standard InChI is InChI=1S/C20H28O6.C11H22O6.C3H3Br/c1-5-9-24-16-20(17-25-10-6-2,18-26-11-7-3)14-19(21)15-23-13-12-22-8-4;1-2-16-3-4-17-6-10(15)5-11(7-12,8-13)9-14;1-2-3-4/h1-3H,8-18H2,4H3;12-14H,2-9H2,1H3;1H,3H2. The number of alkyl halides is 1. The van der Waals surface area contributed by atoms with Gasteiger partial charge < -0.3 is 48.5 Å². The minimum absolute atomic E-state index is 0.0335. The van der Waals surface area contributed by atoms with Gasteiger partial charge in [0, 0.05) is 36.9 Å². The average Bonchev–Trinajstić information content (AvgIpc) is 3.08. The van der Waals surface area contributed by atoms with E-state index in [2.05, 4.69) is 39.6 Å². The quantitative estimate of drug-likeness (QED) is 0.0594. The number of Topliss-reactive ketones (excluding diaryl/α,β-unsaturated/α-hetero) is 2. The zero-order chi connectivity index (χ0) is 36.1. The minimum Gasteiger partial charge on any atom is -0.396 e. The third-order valence-corrected chi connectivity index (χ3v) is 6.01. The summed E-state index contributed by atoms with van der Waals surface area (Å²) in [6, 6.07) is 0. The number of aliphatic hydroxyl groups excluding tert-OH is 3. The zero-order valence-corrected chi connectivity index (χ0v) is 29.4. The van der Waals surface area contributed by atoms with Crippen LogP contribution in [0.1, 0.15) is 26.7 Å². The predicted molar refractivity (Wildman–Crippen MR) is 182 cm³/mol. The topological polar surface area (TPSA) is 159 Å². The van der Waals surface area contributed by atoms with E-state index in [1.807, 2.05) is 13.8 Å². The number of aliphatic hydroxyl groups is 3. The highest BCUT2D eigenvalue weighted by Crippen LogP contribution is 2.25. The molecule has 13 heteroatoms. The summed E-state index contributed by atoms with van der Waals surface area (Å²) in [6.45, 7) is 5.92.